The molecule has 1 fully saturated rings. The predicted octanol–water partition coefficient (Wildman–Crippen LogP) is 5.05. The van der Waals surface area contributed by atoms with Crippen molar-refractivity contribution in [2.45, 2.75) is 64.6 Å². The van der Waals surface area contributed by atoms with E-state index in [1.807, 2.05) is 32.0 Å². The third kappa shape index (κ3) is 6.70. The topological polar surface area (TPSA) is 80.1 Å². The van der Waals surface area contributed by atoms with Crippen molar-refractivity contribution in [3.05, 3.63) is 88.1 Å². The number of carbonyl (C=O) groups is 1. The van der Waals surface area contributed by atoms with Crippen molar-refractivity contribution in [1.29, 1.82) is 0 Å². The number of hydrogen-bond donors (Lipinski definition) is 0. The van der Waals surface area contributed by atoms with Crippen molar-refractivity contribution < 1.29 is 26.8 Å². The Balaban J connectivity index is 1.66. The standard InChI is InChI=1S/C29H35FN2O5S/c1-20-14-21(2)29(22(3)15-20)38(34,35)32(18-26-6-5-13-36-26)19-28(33)31(17-27-12-7-23(4)37-27)16-24-8-10-25(30)11-9-24/h7-12,14-15,26H,5-6,13,16-19H2,1-4H3. The molecule has 1 saturated heterocycles. The van der Waals surface area contributed by atoms with Gasteiger partial charge < -0.3 is 14.1 Å². The Bertz CT molecular complexity index is 1360. The molecule has 0 bridgehead atoms. The fraction of sp³-hybridized carbons (Fsp3) is 0.414. The molecule has 2 aromatic carbocycles. The first kappa shape index (κ1) is 28.0. The molecule has 1 aromatic heterocycles. The highest BCUT2D eigenvalue weighted by molar-refractivity contribution is 7.89. The molecule has 38 heavy (non-hydrogen) atoms. The quantitative estimate of drug-likeness (QED) is 0.358. The van der Waals surface area contributed by atoms with E-state index in [1.165, 1.54) is 16.4 Å². The molecule has 2 heterocycles. The number of hydrogen-bond acceptors (Lipinski definition) is 5. The SMILES string of the molecule is Cc1cc(C)c(S(=O)(=O)N(CC(=O)N(Cc2ccc(F)cc2)Cc2ccc(C)o2)CC2CCCO2)c(C)c1. The summed E-state index contributed by atoms with van der Waals surface area (Å²) in [5.41, 5.74) is 2.98. The van der Waals surface area contributed by atoms with Crippen LogP contribution in [-0.2, 0) is 32.6 Å². The third-order valence-electron chi connectivity index (χ3n) is 6.73. The van der Waals surface area contributed by atoms with Crippen LogP contribution in [0.15, 0.2) is 57.8 Å². The van der Waals surface area contributed by atoms with Gasteiger partial charge >= 0.3 is 0 Å². The van der Waals surface area contributed by atoms with E-state index in [0.717, 1.165) is 24.0 Å². The number of rotatable bonds is 10. The number of carbonyl (C=O) groups excluding carboxylic acids is 1. The Morgan fingerprint density at radius 3 is 2.26 bits per heavy atom. The summed E-state index contributed by atoms with van der Waals surface area (Å²) in [7, 11) is -4.01. The van der Waals surface area contributed by atoms with Gasteiger partial charge in [-0.1, -0.05) is 29.8 Å². The highest BCUT2D eigenvalue weighted by atomic mass is 32.2. The van der Waals surface area contributed by atoms with Gasteiger partial charge in [0.05, 0.1) is 24.1 Å². The molecule has 1 aliphatic heterocycles. The summed E-state index contributed by atoms with van der Waals surface area (Å²) < 4.78 is 54.3. The van der Waals surface area contributed by atoms with Crippen LogP contribution in [-0.4, -0.2) is 49.3 Å². The van der Waals surface area contributed by atoms with E-state index >= 15 is 0 Å². The van der Waals surface area contributed by atoms with Gasteiger partial charge in [0, 0.05) is 19.7 Å². The van der Waals surface area contributed by atoms with Crippen molar-refractivity contribution >= 4 is 15.9 Å². The van der Waals surface area contributed by atoms with Crippen molar-refractivity contribution in [2.24, 2.45) is 0 Å². The Hall–Kier alpha value is -3.01. The zero-order valence-electron chi connectivity index (χ0n) is 22.4. The lowest BCUT2D eigenvalue weighted by atomic mass is 10.1. The number of amides is 1. The maximum absolute atomic E-state index is 14.0. The molecule has 0 N–H and O–H groups in total. The summed E-state index contributed by atoms with van der Waals surface area (Å²) in [6, 6.07) is 13.2. The van der Waals surface area contributed by atoms with Crippen LogP contribution in [0.2, 0.25) is 0 Å². The van der Waals surface area contributed by atoms with E-state index in [9.17, 15) is 17.6 Å². The maximum Gasteiger partial charge on any atom is 0.244 e. The van der Waals surface area contributed by atoms with Crippen molar-refractivity contribution in [3.63, 3.8) is 0 Å². The van der Waals surface area contributed by atoms with Gasteiger partial charge in [0.15, 0.2) is 0 Å². The fourth-order valence-electron chi connectivity index (χ4n) is 5.02. The van der Waals surface area contributed by atoms with E-state index in [2.05, 4.69) is 0 Å². The molecular weight excluding hydrogens is 507 g/mol. The van der Waals surface area contributed by atoms with Crippen LogP contribution in [0.1, 0.15) is 46.6 Å². The Labute approximate surface area is 224 Å². The number of aryl methyl sites for hydroxylation is 4. The molecule has 204 valence electrons. The number of ether oxygens (including phenoxy) is 1. The summed E-state index contributed by atoms with van der Waals surface area (Å²) in [4.78, 5) is 15.5. The molecule has 7 nitrogen and oxygen atoms in total. The highest BCUT2D eigenvalue weighted by Gasteiger charge is 2.34. The van der Waals surface area contributed by atoms with Gasteiger partial charge in [-0.15, -0.1) is 0 Å². The Morgan fingerprint density at radius 1 is 1.00 bits per heavy atom. The average molecular weight is 543 g/mol. The second kappa shape index (κ2) is 11.8. The minimum Gasteiger partial charge on any atom is -0.464 e. The lowest BCUT2D eigenvalue weighted by Crippen LogP contribution is -2.45. The molecule has 1 unspecified atom stereocenters. The van der Waals surface area contributed by atoms with Crippen LogP contribution in [0.4, 0.5) is 4.39 Å². The van der Waals surface area contributed by atoms with Crippen molar-refractivity contribution in [1.82, 2.24) is 9.21 Å². The minimum absolute atomic E-state index is 0.0884. The van der Waals surface area contributed by atoms with Crippen LogP contribution in [0.25, 0.3) is 0 Å². The van der Waals surface area contributed by atoms with Gasteiger partial charge in [-0.05, 0) is 81.5 Å². The van der Waals surface area contributed by atoms with E-state index in [1.54, 1.807) is 36.9 Å². The summed E-state index contributed by atoms with van der Waals surface area (Å²) in [6.45, 7) is 7.93. The molecule has 9 heteroatoms. The first-order valence-electron chi connectivity index (χ1n) is 12.8. The Morgan fingerprint density at radius 2 is 1.68 bits per heavy atom. The average Bonchev–Trinajstić information content (AvgIpc) is 3.50. The van der Waals surface area contributed by atoms with E-state index in [-0.39, 0.29) is 48.9 Å². The summed E-state index contributed by atoms with van der Waals surface area (Å²) in [5.74, 6) is 0.539. The lowest BCUT2D eigenvalue weighted by Gasteiger charge is -2.29. The van der Waals surface area contributed by atoms with Crippen LogP contribution < -0.4 is 0 Å². The Kier molecular flexibility index (Phi) is 8.70. The second-order valence-electron chi connectivity index (χ2n) is 10.0. The first-order chi connectivity index (χ1) is 18.0. The number of nitrogens with zero attached hydrogens (tertiary/aromatic N) is 2. The smallest absolute Gasteiger partial charge is 0.244 e. The van der Waals surface area contributed by atoms with Gasteiger partial charge in [0.2, 0.25) is 15.9 Å². The summed E-state index contributed by atoms with van der Waals surface area (Å²) >= 11 is 0. The normalized spacial score (nSPS) is 15.8. The highest BCUT2D eigenvalue weighted by Crippen LogP contribution is 2.27. The number of sulfonamides is 1. The molecule has 0 radical (unpaired) electrons. The number of benzene rings is 2. The molecular formula is C29H35FN2O5S. The van der Waals surface area contributed by atoms with Gasteiger partial charge in [0.1, 0.15) is 17.3 Å². The van der Waals surface area contributed by atoms with Crippen molar-refractivity contribution in [2.75, 3.05) is 19.7 Å². The molecule has 0 saturated carbocycles. The van der Waals surface area contributed by atoms with E-state index in [0.29, 0.717) is 29.3 Å². The molecule has 4 rings (SSSR count). The van der Waals surface area contributed by atoms with Gasteiger partial charge in [-0.3, -0.25) is 4.79 Å². The first-order valence-corrected chi connectivity index (χ1v) is 14.2. The van der Waals surface area contributed by atoms with Crippen LogP contribution >= 0.6 is 0 Å². The molecule has 1 atom stereocenters. The van der Waals surface area contributed by atoms with Crippen LogP contribution in [0.3, 0.4) is 0 Å². The second-order valence-corrected chi connectivity index (χ2v) is 11.9. The van der Waals surface area contributed by atoms with E-state index in [4.69, 9.17) is 9.15 Å². The maximum atomic E-state index is 14.0. The molecule has 1 aliphatic rings. The van der Waals surface area contributed by atoms with Crippen LogP contribution in [0, 0.1) is 33.5 Å². The van der Waals surface area contributed by atoms with Gasteiger partial charge in [-0.25, -0.2) is 12.8 Å². The zero-order valence-corrected chi connectivity index (χ0v) is 23.2. The third-order valence-corrected chi connectivity index (χ3v) is 8.85. The zero-order chi connectivity index (χ0) is 27.4. The minimum atomic E-state index is -4.01. The summed E-state index contributed by atoms with van der Waals surface area (Å²) in [6.07, 6.45) is 1.31. The number of halogens is 1. The lowest BCUT2D eigenvalue weighted by molar-refractivity contribution is -0.133. The van der Waals surface area contributed by atoms with E-state index < -0.39 is 10.0 Å². The largest absolute Gasteiger partial charge is 0.464 e. The van der Waals surface area contributed by atoms with Crippen molar-refractivity contribution in [3.8, 4) is 0 Å². The van der Waals surface area contributed by atoms with Gasteiger partial charge in [0.25, 0.3) is 0 Å². The van der Waals surface area contributed by atoms with Crippen LogP contribution in [0.5, 0.6) is 0 Å². The molecule has 0 aliphatic carbocycles. The fourth-order valence-corrected chi connectivity index (χ4v) is 6.85. The molecule has 3 aromatic rings. The molecule has 1 amide bonds. The monoisotopic (exact) mass is 542 g/mol. The number of furan rings is 1. The van der Waals surface area contributed by atoms with Gasteiger partial charge in [-0.2, -0.15) is 4.31 Å². The predicted molar refractivity (Wildman–Crippen MR) is 142 cm³/mol. The molecule has 0 spiro atoms. The summed E-state index contributed by atoms with van der Waals surface area (Å²) in [5, 5.41) is 0.